The molecule has 3 nitrogen and oxygen atoms in total. The van der Waals surface area contributed by atoms with Crippen LogP contribution >= 0.6 is 15.9 Å². The lowest BCUT2D eigenvalue weighted by Crippen LogP contribution is -2.35. The molecule has 1 unspecified atom stereocenters. The molecule has 0 radical (unpaired) electrons. The van der Waals surface area contributed by atoms with Gasteiger partial charge in [0.05, 0.1) is 0 Å². The van der Waals surface area contributed by atoms with E-state index in [-0.39, 0.29) is 4.83 Å². The van der Waals surface area contributed by atoms with E-state index in [0.29, 0.717) is 6.54 Å². The standard InChI is InChI=1S/C8H13BrF3NO2/c1-6(9)3-13(2)7(14)4-15-5-8(10,11)12/h6H,3-5H2,1-2H3. The summed E-state index contributed by atoms with van der Waals surface area (Å²) in [6, 6.07) is 0. The number of alkyl halides is 4. The molecule has 1 amide bonds. The van der Waals surface area contributed by atoms with Crippen molar-refractivity contribution in [2.45, 2.75) is 17.9 Å². The van der Waals surface area contributed by atoms with Gasteiger partial charge in [-0.05, 0) is 0 Å². The Morgan fingerprint density at radius 1 is 1.53 bits per heavy atom. The molecule has 0 aromatic rings. The van der Waals surface area contributed by atoms with Crippen molar-refractivity contribution in [1.82, 2.24) is 4.90 Å². The third-order valence-electron chi connectivity index (χ3n) is 1.44. The maximum Gasteiger partial charge on any atom is 0.411 e. The molecule has 0 saturated carbocycles. The number of hydrogen-bond acceptors (Lipinski definition) is 2. The van der Waals surface area contributed by atoms with Gasteiger partial charge >= 0.3 is 6.18 Å². The average Bonchev–Trinajstić information content (AvgIpc) is 2.00. The van der Waals surface area contributed by atoms with E-state index in [0.717, 1.165) is 0 Å². The van der Waals surface area contributed by atoms with Gasteiger partial charge in [0.15, 0.2) is 0 Å². The molecule has 0 bridgehead atoms. The van der Waals surface area contributed by atoms with Gasteiger partial charge in [0, 0.05) is 18.4 Å². The molecule has 0 rings (SSSR count). The summed E-state index contributed by atoms with van der Waals surface area (Å²) in [6.07, 6.45) is -4.39. The Labute approximate surface area is 94.7 Å². The topological polar surface area (TPSA) is 29.5 Å². The molecule has 0 aromatic carbocycles. The summed E-state index contributed by atoms with van der Waals surface area (Å²) < 4.78 is 39.2. The van der Waals surface area contributed by atoms with E-state index < -0.39 is 25.3 Å². The van der Waals surface area contributed by atoms with Gasteiger partial charge in [0.25, 0.3) is 0 Å². The predicted octanol–water partition coefficient (Wildman–Crippen LogP) is 1.81. The van der Waals surface area contributed by atoms with E-state index in [1.165, 1.54) is 11.9 Å². The monoisotopic (exact) mass is 291 g/mol. The SMILES string of the molecule is CC(Br)CN(C)C(=O)COCC(F)(F)F. The maximum atomic E-state index is 11.7. The number of carbonyl (C=O) groups is 1. The first-order valence-corrected chi connectivity index (χ1v) is 5.16. The Hall–Kier alpha value is -0.300. The number of carbonyl (C=O) groups excluding carboxylic acids is 1. The van der Waals surface area contributed by atoms with E-state index in [4.69, 9.17) is 0 Å². The van der Waals surface area contributed by atoms with Crippen LogP contribution in [0.5, 0.6) is 0 Å². The van der Waals surface area contributed by atoms with Gasteiger partial charge in [-0.15, -0.1) is 0 Å². The van der Waals surface area contributed by atoms with Crippen LogP contribution in [0, 0.1) is 0 Å². The quantitative estimate of drug-likeness (QED) is 0.723. The van der Waals surface area contributed by atoms with Crippen molar-refractivity contribution in [3.63, 3.8) is 0 Å². The first-order valence-electron chi connectivity index (χ1n) is 4.25. The van der Waals surface area contributed by atoms with E-state index in [9.17, 15) is 18.0 Å². The molecule has 1 atom stereocenters. The van der Waals surface area contributed by atoms with Gasteiger partial charge < -0.3 is 9.64 Å². The van der Waals surface area contributed by atoms with Gasteiger partial charge in [-0.2, -0.15) is 13.2 Å². The molecule has 0 saturated heterocycles. The lowest BCUT2D eigenvalue weighted by atomic mass is 10.4. The highest BCUT2D eigenvalue weighted by Gasteiger charge is 2.28. The van der Waals surface area contributed by atoms with Crippen LogP contribution in [-0.4, -0.2) is 48.6 Å². The van der Waals surface area contributed by atoms with Crippen molar-refractivity contribution in [3.05, 3.63) is 0 Å². The van der Waals surface area contributed by atoms with Gasteiger partial charge in [0.2, 0.25) is 5.91 Å². The summed E-state index contributed by atoms with van der Waals surface area (Å²) >= 11 is 3.23. The van der Waals surface area contributed by atoms with Gasteiger partial charge in [-0.3, -0.25) is 4.79 Å². The molecular weight excluding hydrogens is 279 g/mol. The van der Waals surface area contributed by atoms with Gasteiger partial charge in [0.1, 0.15) is 13.2 Å². The summed E-state index contributed by atoms with van der Waals surface area (Å²) in [6.45, 7) is 0.320. The molecule has 0 aliphatic heterocycles. The number of hydrogen-bond donors (Lipinski definition) is 0. The van der Waals surface area contributed by atoms with Crippen LogP contribution in [0.1, 0.15) is 6.92 Å². The van der Waals surface area contributed by atoms with Crippen molar-refractivity contribution in [2.24, 2.45) is 0 Å². The number of rotatable bonds is 5. The van der Waals surface area contributed by atoms with E-state index in [1.54, 1.807) is 0 Å². The van der Waals surface area contributed by atoms with E-state index in [2.05, 4.69) is 20.7 Å². The third-order valence-corrected chi connectivity index (χ3v) is 1.73. The number of nitrogens with zero attached hydrogens (tertiary/aromatic N) is 1. The third kappa shape index (κ3) is 8.68. The van der Waals surface area contributed by atoms with Crippen molar-refractivity contribution >= 4 is 21.8 Å². The average molecular weight is 292 g/mol. The van der Waals surface area contributed by atoms with Gasteiger partial charge in [-0.25, -0.2) is 0 Å². The smallest absolute Gasteiger partial charge is 0.362 e. The molecule has 0 spiro atoms. The number of halogens is 4. The Bertz CT molecular complexity index is 209. The minimum Gasteiger partial charge on any atom is -0.362 e. The summed E-state index contributed by atoms with van der Waals surface area (Å²) in [4.78, 5) is 12.6. The van der Waals surface area contributed by atoms with Crippen molar-refractivity contribution in [3.8, 4) is 0 Å². The zero-order chi connectivity index (χ0) is 12.1. The summed E-state index contributed by atoms with van der Waals surface area (Å²) in [5.74, 6) is -0.467. The lowest BCUT2D eigenvalue weighted by molar-refractivity contribution is -0.177. The number of likely N-dealkylation sites (N-methyl/N-ethyl adjacent to an activating group) is 1. The number of ether oxygens (including phenoxy) is 1. The van der Waals surface area contributed by atoms with E-state index in [1.807, 2.05) is 6.92 Å². The fourth-order valence-corrected chi connectivity index (χ4v) is 1.28. The molecule has 0 aromatic heterocycles. The van der Waals surface area contributed by atoms with Crippen LogP contribution in [0.15, 0.2) is 0 Å². The van der Waals surface area contributed by atoms with Crippen LogP contribution in [0.3, 0.4) is 0 Å². The van der Waals surface area contributed by atoms with Crippen LogP contribution in [-0.2, 0) is 9.53 Å². The Morgan fingerprint density at radius 3 is 2.47 bits per heavy atom. The first-order chi connectivity index (χ1) is 6.72. The molecule has 15 heavy (non-hydrogen) atoms. The summed E-state index contributed by atoms with van der Waals surface area (Å²) in [5.41, 5.74) is 0. The number of amides is 1. The Kier molecular flexibility index (Phi) is 6.19. The molecule has 0 N–H and O–H groups in total. The predicted molar refractivity (Wildman–Crippen MR) is 52.9 cm³/mol. The minimum absolute atomic E-state index is 0.0917. The fraction of sp³-hybridized carbons (Fsp3) is 0.875. The molecule has 0 fully saturated rings. The van der Waals surface area contributed by atoms with Crippen LogP contribution in [0.2, 0.25) is 0 Å². The molecule has 0 aliphatic carbocycles. The van der Waals surface area contributed by atoms with Gasteiger partial charge in [-0.1, -0.05) is 22.9 Å². The normalized spacial score (nSPS) is 13.7. The highest BCUT2D eigenvalue weighted by atomic mass is 79.9. The second kappa shape index (κ2) is 6.32. The molecular formula is C8H13BrF3NO2. The zero-order valence-electron chi connectivity index (χ0n) is 8.47. The lowest BCUT2D eigenvalue weighted by Gasteiger charge is -2.18. The summed E-state index contributed by atoms with van der Waals surface area (Å²) in [5, 5.41) is 0. The largest absolute Gasteiger partial charge is 0.411 e. The minimum atomic E-state index is -4.39. The second-order valence-electron chi connectivity index (χ2n) is 3.16. The van der Waals surface area contributed by atoms with E-state index >= 15 is 0 Å². The zero-order valence-corrected chi connectivity index (χ0v) is 10.1. The van der Waals surface area contributed by atoms with Crippen molar-refractivity contribution in [1.29, 1.82) is 0 Å². The highest BCUT2D eigenvalue weighted by molar-refractivity contribution is 9.09. The fourth-order valence-electron chi connectivity index (χ4n) is 0.843. The summed E-state index contributed by atoms with van der Waals surface area (Å²) in [7, 11) is 1.51. The van der Waals surface area contributed by atoms with Crippen molar-refractivity contribution in [2.75, 3.05) is 26.8 Å². The maximum absolute atomic E-state index is 11.7. The molecule has 0 aliphatic rings. The van der Waals surface area contributed by atoms with Crippen molar-refractivity contribution < 1.29 is 22.7 Å². The Balaban J connectivity index is 3.74. The van der Waals surface area contributed by atoms with Crippen LogP contribution in [0.25, 0.3) is 0 Å². The first kappa shape index (κ1) is 14.7. The highest BCUT2D eigenvalue weighted by Crippen LogP contribution is 2.14. The Morgan fingerprint density at radius 2 is 2.07 bits per heavy atom. The van der Waals surface area contributed by atoms with Crippen LogP contribution < -0.4 is 0 Å². The molecule has 7 heteroatoms. The van der Waals surface area contributed by atoms with Crippen LogP contribution in [0.4, 0.5) is 13.2 Å². The molecule has 90 valence electrons. The molecule has 0 heterocycles. The second-order valence-corrected chi connectivity index (χ2v) is 4.73.